The number of benzene rings is 1. The summed E-state index contributed by atoms with van der Waals surface area (Å²) < 4.78 is 44.3. The summed E-state index contributed by atoms with van der Waals surface area (Å²) in [6.45, 7) is 4.26. The molecule has 0 spiro atoms. The van der Waals surface area contributed by atoms with Crippen molar-refractivity contribution in [2.45, 2.75) is 32.9 Å². The SMILES string of the molecule is COC(=O)c1ccc(C(F)(F)F)c(NC[C@@H]2C[C@@H](CC(N)=O)C2(C)C)c1. The fraction of sp³-hybridized carbons (Fsp3) is 0.556. The number of esters is 1. The van der Waals surface area contributed by atoms with Crippen LogP contribution in [0.2, 0.25) is 0 Å². The largest absolute Gasteiger partial charge is 0.465 e. The van der Waals surface area contributed by atoms with Crippen LogP contribution in [0, 0.1) is 17.3 Å². The first kappa shape index (κ1) is 20.1. The van der Waals surface area contributed by atoms with E-state index in [4.69, 9.17) is 5.73 Å². The van der Waals surface area contributed by atoms with Gasteiger partial charge in [0.2, 0.25) is 5.91 Å². The summed E-state index contributed by atoms with van der Waals surface area (Å²) in [6.07, 6.45) is -3.56. The van der Waals surface area contributed by atoms with Crippen LogP contribution >= 0.6 is 0 Å². The molecule has 3 N–H and O–H groups in total. The minimum atomic E-state index is -4.54. The monoisotopic (exact) mass is 372 g/mol. The molecule has 0 bridgehead atoms. The average molecular weight is 372 g/mol. The predicted molar refractivity (Wildman–Crippen MR) is 90.5 cm³/mol. The standard InChI is InChI=1S/C18H23F3N2O3/c1-17(2)11(8-15(22)24)7-12(17)9-23-14-6-10(16(25)26-3)4-5-13(14)18(19,20)21/h4-6,11-12,23H,7-9H2,1-3H3,(H2,22,24)/t11-,12-/m0/s1. The molecular weight excluding hydrogens is 349 g/mol. The van der Waals surface area contributed by atoms with E-state index in [-0.39, 0.29) is 40.8 Å². The van der Waals surface area contributed by atoms with Crippen molar-refractivity contribution in [2.24, 2.45) is 23.0 Å². The van der Waals surface area contributed by atoms with Gasteiger partial charge in [0.1, 0.15) is 0 Å². The van der Waals surface area contributed by atoms with E-state index in [0.717, 1.165) is 18.2 Å². The molecule has 0 saturated heterocycles. The molecule has 5 nitrogen and oxygen atoms in total. The Labute approximate surface area is 150 Å². The molecule has 1 fully saturated rings. The van der Waals surface area contributed by atoms with Gasteiger partial charge in [-0.2, -0.15) is 13.2 Å². The quantitative estimate of drug-likeness (QED) is 0.750. The van der Waals surface area contributed by atoms with Gasteiger partial charge in [-0.15, -0.1) is 0 Å². The number of ether oxygens (including phenoxy) is 1. The van der Waals surface area contributed by atoms with Crippen LogP contribution in [0.15, 0.2) is 18.2 Å². The molecule has 1 amide bonds. The predicted octanol–water partition coefficient (Wildman–Crippen LogP) is 3.44. The Hall–Kier alpha value is -2.25. The second kappa shape index (κ2) is 7.17. The molecule has 2 rings (SSSR count). The summed E-state index contributed by atoms with van der Waals surface area (Å²) in [6, 6.07) is 3.12. The maximum absolute atomic E-state index is 13.2. The highest BCUT2D eigenvalue weighted by Crippen LogP contribution is 2.52. The van der Waals surface area contributed by atoms with E-state index in [2.05, 4.69) is 10.1 Å². The lowest BCUT2D eigenvalue weighted by molar-refractivity contribution is -0.137. The fourth-order valence-corrected chi connectivity index (χ4v) is 3.48. The lowest BCUT2D eigenvalue weighted by Gasteiger charge is -2.52. The molecule has 0 heterocycles. The maximum Gasteiger partial charge on any atom is 0.418 e. The number of rotatable bonds is 6. The number of hydrogen-bond donors (Lipinski definition) is 2. The number of halogens is 3. The van der Waals surface area contributed by atoms with Crippen molar-refractivity contribution in [3.8, 4) is 0 Å². The first-order valence-electron chi connectivity index (χ1n) is 8.28. The molecule has 0 radical (unpaired) electrons. The van der Waals surface area contributed by atoms with Crippen molar-refractivity contribution in [1.82, 2.24) is 0 Å². The molecule has 1 saturated carbocycles. The summed E-state index contributed by atoms with van der Waals surface area (Å²) in [4.78, 5) is 22.7. The number of amides is 1. The highest BCUT2D eigenvalue weighted by atomic mass is 19.4. The van der Waals surface area contributed by atoms with Gasteiger partial charge in [-0.1, -0.05) is 13.8 Å². The van der Waals surface area contributed by atoms with E-state index in [9.17, 15) is 22.8 Å². The van der Waals surface area contributed by atoms with Crippen LogP contribution in [0.25, 0.3) is 0 Å². The molecule has 1 aromatic rings. The number of nitrogens with two attached hydrogens (primary N) is 1. The van der Waals surface area contributed by atoms with Gasteiger partial charge in [-0.25, -0.2) is 4.79 Å². The summed E-state index contributed by atoms with van der Waals surface area (Å²) in [5, 5.41) is 2.83. The number of hydrogen-bond acceptors (Lipinski definition) is 4. The van der Waals surface area contributed by atoms with Gasteiger partial charge < -0.3 is 15.8 Å². The molecule has 0 unspecified atom stereocenters. The smallest absolute Gasteiger partial charge is 0.418 e. The second-order valence-electron chi connectivity index (χ2n) is 7.25. The molecule has 8 heteroatoms. The van der Waals surface area contributed by atoms with Crippen LogP contribution < -0.4 is 11.1 Å². The zero-order valence-corrected chi connectivity index (χ0v) is 14.9. The van der Waals surface area contributed by atoms with Crippen LogP contribution in [-0.4, -0.2) is 25.5 Å². The molecule has 0 aliphatic heterocycles. The zero-order valence-electron chi connectivity index (χ0n) is 14.9. The third kappa shape index (κ3) is 4.11. The lowest BCUT2D eigenvalue weighted by atomic mass is 9.53. The number of carbonyl (C=O) groups excluding carboxylic acids is 2. The lowest BCUT2D eigenvalue weighted by Crippen LogP contribution is -2.49. The number of nitrogens with one attached hydrogen (secondary N) is 1. The minimum Gasteiger partial charge on any atom is -0.465 e. The van der Waals surface area contributed by atoms with Crippen molar-refractivity contribution in [3.05, 3.63) is 29.3 Å². The fourth-order valence-electron chi connectivity index (χ4n) is 3.48. The van der Waals surface area contributed by atoms with Crippen molar-refractivity contribution in [1.29, 1.82) is 0 Å². The zero-order chi connectivity index (χ0) is 19.7. The molecule has 1 aliphatic rings. The topological polar surface area (TPSA) is 81.4 Å². The third-order valence-corrected chi connectivity index (χ3v) is 5.41. The molecule has 144 valence electrons. The van der Waals surface area contributed by atoms with Gasteiger partial charge >= 0.3 is 12.1 Å². The van der Waals surface area contributed by atoms with Crippen LogP contribution in [0.4, 0.5) is 18.9 Å². The summed E-state index contributed by atoms with van der Waals surface area (Å²) in [7, 11) is 1.17. The number of anilines is 1. The number of methoxy groups -OCH3 is 1. The Kier molecular flexibility index (Phi) is 5.53. The number of carbonyl (C=O) groups is 2. The van der Waals surface area contributed by atoms with Gasteiger partial charge in [0.25, 0.3) is 0 Å². The van der Waals surface area contributed by atoms with Crippen molar-refractivity contribution in [2.75, 3.05) is 19.0 Å². The highest BCUT2D eigenvalue weighted by Gasteiger charge is 2.48. The van der Waals surface area contributed by atoms with Gasteiger partial charge in [0, 0.05) is 18.7 Å². The Bertz CT molecular complexity index is 701. The summed E-state index contributed by atoms with van der Waals surface area (Å²) in [5.41, 5.74) is 4.08. The van der Waals surface area contributed by atoms with Gasteiger partial charge in [0.05, 0.1) is 18.2 Å². The molecule has 1 aromatic carbocycles. The highest BCUT2D eigenvalue weighted by molar-refractivity contribution is 5.90. The summed E-state index contributed by atoms with van der Waals surface area (Å²) >= 11 is 0. The van der Waals surface area contributed by atoms with Crippen LogP contribution in [0.3, 0.4) is 0 Å². The maximum atomic E-state index is 13.2. The number of alkyl halides is 3. The average Bonchev–Trinajstić information content (AvgIpc) is 2.55. The van der Waals surface area contributed by atoms with E-state index >= 15 is 0 Å². The first-order valence-corrected chi connectivity index (χ1v) is 8.28. The Balaban J connectivity index is 2.15. The second-order valence-corrected chi connectivity index (χ2v) is 7.25. The molecule has 0 aromatic heterocycles. The van der Waals surface area contributed by atoms with Crippen molar-refractivity contribution >= 4 is 17.6 Å². The number of primary amides is 1. The Morgan fingerprint density at radius 2 is 1.96 bits per heavy atom. The van der Waals surface area contributed by atoms with Crippen LogP contribution in [0.1, 0.15) is 42.6 Å². The Morgan fingerprint density at radius 3 is 2.46 bits per heavy atom. The first-order chi connectivity index (χ1) is 12.0. The van der Waals surface area contributed by atoms with Gasteiger partial charge in [0.15, 0.2) is 0 Å². The van der Waals surface area contributed by atoms with E-state index in [1.807, 2.05) is 13.8 Å². The molecule has 26 heavy (non-hydrogen) atoms. The van der Waals surface area contributed by atoms with Gasteiger partial charge in [-0.3, -0.25) is 4.79 Å². The molecule has 1 aliphatic carbocycles. The van der Waals surface area contributed by atoms with E-state index in [1.54, 1.807) is 0 Å². The van der Waals surface area contributed by atoms with E-state index < -0.39 is 17.7 Å². The van der Waals surface area contributed by atoms with Crippen LogP contribution in [-0.2, 0) is 15.7 Å². The minimum absolute atomic E-state index is 0.0440. The van der Waals surface area contributed by atoms with Crippen LogP contribution in [0.5, 0.6) is 0 Å². The van der Waals surface area contributed by atoms with Crippen molar-refractivity contribution < 1.29 is 27.5 Å². The summed E-state index contributed by atoms with van der Waals surface area (Å²) in [5.74, 6) is -0.864. The molecular formula is C18H23F3N2O3. The molecule has 2 atom stereocenters. The van der Waals surface area contributed by atoms with E-state index in [0.29, 0.717) is 13.0 Å². The normalized spacial score (nSPS) is 21.6. The van der Waals surface area contributed by atoms with Gasteiger partial charge in [-0.05, 0) is 41.9 Å². The van der Waals surface area contributed by atoms with Crippen molar-refractivity contribution in [3.63, 3.8) is 0 Å². The third-order valence-electron chi connectivity index (χ3n) is 5.41. The Morgan fingerprint density at radius 1 is 1.31 bits per heavy atom. The van der Waals surface area contributed by atoms with E-state index in [1.165, 1.54) is 7.11 Å².